The van der Waals surface area contributed by atoms with Crippen molar-refractivity contribution < 1.29 is 22.3 Å². The number of halogens is 4. The van der Waals surface area contributed by atoms with Crippen molar-refractivity contribution in [2.45, 2.75) is 69.8 Å². The summed E-state index contributed by atoms with van der Waals surface area (Å²) in [5, 5.41) is 0. The van der Waals surface area contributed by atoms with E-state index >= 15 is 13.2 Å². The van der Waals surface area contributed by atoms with Crippen LogP contribution in [0.5, 0.6) is 0 Å². The van der Waals surface area contributed by atoms with Crippen LogP contribution in [-0.4, -0.2) is 12.7 Å². The van der Waals surface area contributed by atoms with Crippen molar-refractivity contribution in [3.05, 3.63) is 70.8 Å². The fourth-order valence-electron chi connectivity index (χ4n) is 4.91. The second-order valence-corrected chi connectivity index (χ2v) is 8.58. The molecule has 1 fully saturated rings. The molecule has 166 valence electrons. The van der Waals surface area contributed by atoms with E-state index in [2.05, 4.69) is 6.58 Å². The molecule has 1 nitrogen and oxygen atoms in total. The number of fused-ring (bicyclic) bond motifs is 3. The first-order valence-electron chi connectivity index (χ1n) is 11.1. The average Bonchev–Trinajstić information content (AvgIpc) is 2.78. The number of hydrogen-bond donors (Lipinski definition) is 0. The van der Waals surface area contributed by atoms with E-state index in [1.807, 2.05) is 13.0 Å². The van der Waals surface area contributed by atoms with Gasteiger partial charge < -0.3 is 4.74 Å². The summed E-state index contributed by atoms with van der Waals surface area (Å²) in [5.74, 6) is -1.65. The first kappa shape index (κ1) is 22.1. The van der Waals surface area contributed by atoms with Crippen molar-refractivity contribution in [2.24, 2.45) is 0 Å². The summed E-state index contributed by atoms with van der Waals surface area (Å²) in [7, 11) is 0. The second-order valence-electron chi connectivity index (χ2n) is 8.58. The van der Waals surface area contributed by atoms with Gasteiger partial charge >= 0.3 is 0 Å². The van der Waals surface area contributed by atoms with E-state index in [0.29, 0.717) is 30.6 Å². The Hall–Kier alpha value is -2.14. The molecule has 0 amide bonds. The van der Waals surface area contributed by atoms with Gasteiger partial charge in [0.2, 0.25) is 0 Å². The summed E-state index contributed by atoms with van der Waals surface area (Å²) in [5.41, 5.74) is 0.603. The van der Waals surface area contributed by atoms with Gasteiger partial charge in [0.25, 0.3) is 0 Å². The quantitative estimate of drug-likeness (QED) is 0.334. The summed E-state index contributed by atoms with van der Waals surface area (Å²) in [6, 6.07) is 6.41. The molecule has 0 spiro atoms. The Morgan fingerprint density at radius 1 is 1.00 bits per heavy atom. The lowest BCUT2D eigenvalue weighted by atomic mass is 9.79. The Morgan fingerprint density at radius 2 is 1.68 bits per heavy atom. The van der Waals surface area contributed by atoms with Crippen LogP contribution in [0.4, 0.5) is 17.6 Å². The molecule has 4 unspecified atom stereocenters. The van der Waals surface area contributed by atoms with Gasteiger partial charge in [0.15, 0.2) is 12.3 Å². The van der Waals surface area contributed by atoms with Gasteiger partial charge in [-0.2, -0.15) is 0 Å². The summed E-state index contributed by atoms with van der Waals surface area (Å²) in [4.78, 5) is 0. The van der Waals surface area contributed by atoms with E-state index in [1.54, 1.807) is 24.3 Å². The first-order chi connectivity index (χ1) is 15.0. The third kappa shape index (κ3) is 3.93. The number of ether oxygens (including phenoxy) is 1. The van der Waals surface area contributed by atoms with Crippen molar-refractivity contribution >= 4 is 0 Å². The van der Waals surface area contributed by atoms with Crippen molar-refractivity contribution in [2.75, 3.05) is 6.61 Å². The Kier molecular flexibility index (Phi) is 6.52. The zero-order chi connectivity index (χ0) is 22.1. The highest BCUT2D eigenvalue weighted by atomic mass is 19.2. The number of alkyl halides is 2. The summed E-state index contributed by atoms with van der Waals surface area (Å²) >= 11 is 0. The van der Waals surface area contributed by atoms with Crippen molar-refractivity contribution in [3.8, 4) is 11.1 Å². The monoisotopic (exact) mass is 432 g/mol. The Morgan fingerprint density at radius 3 is 2.29 bits per heavy atom. The maximum Gasteiger partial charge on any atom is 0.164 e. The van der Waals surface area contributed by atoms with Crippen molar-refractivity contribution in [1.82, 2.24) is 0 Å². The molecule has 4 rings (SSSR count). The molecule has 0 bridgehead atoms. The van der Waals surface area contributed by atoms with Gasteiger partial charge in [-0.15, -0.1) is 6.58 Å². The summed E-state index contributed by atoms with van der Waals surface area (Å²) < 4.78 is 66.5. The van der Waals surface area contributed by atoms with Crippen LogP contribution in [0.3, 0.4) is 0 Å². The molecule has 1 saturated heterocycles. The van der Waals surface area contributed by atoms with Crippen LogP contribution in [-0.2, 0) is 11.2 Å². The van der Waals surface area contributed by atoms with Gasteiger partial charge in [0.05, 0.1) is 12.7 Å². The number of hydrogen-bond acceptors (Lipinski definition) is 1. The molecule has 0 saturated carbocycles. The Labute approximate surface area is 181 Å². The van der Waals surface area contributed by atoms with Gasteiger partial charge in [-0.1, -0.05) is 43.7 Å². The average molecular weight is 433 g/mol. The van der Waals surface area contributed by atoms with Crippen molar-refractivity contribution in [3.63, 3.8) is 0 Å². The van der Waals surface area contributed by atoms with E-state index in [4.69, 9.17) is 4.74 Å². The second kappa shape index (κ2) is 9.15. The zero-order valence-corrected chi connectivity index (χ0v) is 17.8. The molecule has 2 aromatic carbocycles. The van der Waals surface area contributed by atoms with E-state index in [1.165, 1.54) is 0 Å². The van der Waals surface area contributed by atoms with E-state index in [9.17, 15) is 4.39 Å². The highest BCUT2D eigenvalue weighted by Gasteiger charge is 2.40. The fraction of sp³-hybridized carbons (Fsp3) is 0.462. The molecule has 2 aromatic rings. The summed E-state index contributed by atoms with van der Waals surface area (Å²) in [6.45, 7) is 5.96. The number of allylic oxidation sites excluding steroid dienone is 1. The molecule has 0 radical (unpaired) electrons. The normalized spacial score (nSPS) is 25.1. The van der Waals surface area contributed by atoms with Crippen LogP contribution >= 0.6 is 0 Å². The van der Waals surface area contributed by atoms with Gasteiger partial charge in [-0.3, -0.25) is 0 Å². The number of rotatable bonds is 6. The minimum atomic E-state index is -2.24. The molecular formula is C26H28F4O. The standard InChI is InChI=1S/C26H28F4O/c1-3-5-7-17-10-8-16(14-31-17)18-12-13-20-19-11-9-15(6-4-2)23(27)21(19)25(29)26(30)22(20)24(18)28/h3,9,11-13,16-17,25-26H,1,4-8,10,14H2,2H3. The van der Waals surface area contributed by atoms with Crippen LogP contribution in [0.2, 0.25) is 0 Å². The van der Waals surface area contributed by atoms with Crippen LogP contribution in [0.25, 0.3) is 11.1 Å². The Bertz CT molecular complexity index is 962. The molecule has 31 heavy (non-hydrogen) atoms. The number of benzene rings is 2. The smallest absolute Gasteiger partial charge is 0.164 e. The zero-order valence-electron chi connectivity index (χ0n) is 17.8. The van der Waals surface area contributed by atoms with E-state index < -0.39 is 24.0 Å². The molecule has 1 heterocycles. The molecule has 1 aliphatic heterocycles. The van der Waals surface area contributed by atoms with Crippen LogP contribution in [0, 0.1) is 11.6 Å². The third-order valence-corrected chi connectivity index (χ3v) is 6.59. The molecular weight excluding hydrogens is 404 g/mol. The predicted octanol–water partition coefficient (Wildman–Crippen LogP) is 7.85. The number of aryl methyl sites for hydroxylation is 1. The van der Waals surface area contributed by atoms with Gasteiger partial charge in [-0.05, 0) is 54.4 Å². The molecule has 1 aliphatic carbocycles. The van der Waals surface area contributed by atoms with Gasteiger partial charge in [0, 0.05) is 17.0 Å². The lowest BCUT2D eigenvalue weighted by Crippen LogP contribution is -2.26. The van der Waals surface area contributed by atoms with Gasteiger partial charge in [-0.25, -0.2) is 17.6 Å². The lowest BCUT2D eigenvalue weighted by Gasteiger charge is -2.32. The van der Waals surface area contributed by atoms with Crippen molar-refractivity contribution in [1.29, 1.82) is 0 Å². The molecule has 0 N–H and O–H groups in total. The molecule has 4 atom stereocenters. The topological polar surface area (TPSA) is 9.23 Å². The highest BCUT2D eigenvalue weighted by Crippen LogP contribution is 2.51. The molecule has 5 heteroatoms. The molecule has 2 aliphatic rings. The lowest BCUT2D eigenvalue weighted by molar-refractivity contribution is -0.000878. The Balaban J connectivity index is 1.68. The minimum Gasteiger partial charge on any atom is -0.378 e. The largest absolute Gasteiger partial charge is 0.378 e. The third-order valence-electron chi connectivity index (χ3n) is 6.59. The highest BCUT2D eigenvalue weighted by molar-refractivity contribution is 5.76. The molecule has 0 aromatic heterocycles. The fourth-order valence-corrected chi connectivity index (χ4v) is 4.91. The van der Waals surface area contributed by atoms with E-state index in [-0.39, 0.29) is 34.3 Å². The predicted molar refractivity (Wildman–Crippen MR) is 115 cm³/mol. The maximum absolute atomic E-state index is 15.5. The maximum atomic E-state index is 15.5. The summed E-state index contributed by atoms with van der Waals surface area (Å²) in [6.07, 6.45) is 1.88. The first-order valence-corrected chi connectivity index (χ1v) is 11.1. The van der Waals surface area contributed by atoms with Crippen LogP contribution < -0.4 is 0 Å². The SMILES string of the molecule is C=CCCC1CCC(c2ccc3c(c2F)C(F)C(F)c2c-3ccc(CCC)c2F)CO1. The minimum absolute atomic E-state index is 0.117. The van der Waals surface area contributed by atoms with Crippen LogP contribution in [0.15, 0.2) is 36.9 Å². The van der Waals surface area contributed by atoms with Gasteiger partial charge in [0.1, 0.15) is 11.6 Å². The van der Waals surface area contributed by atoms with E-state index in [0.717, 1.165) is 25.7 Å². The van der Waals surface area contributed by atoms with Crippen LogP contribution in [0.1, 0.15) is 79.5 Å².